The lowest BCUT2D eigenvalue weighted by Gasteiger charge is -2.49. The summed E-state index contributed by atoms with van der Waals surface area (Å²) >= 11 is 4.58. The quantitative estimate of drug-likeness (QED) is 0.146. The Morgan fingerprint density at radius 1 is 1.02 bits per heavy atom. The molecule has 3 aromatic carbocycles. The molecule has 3 heterocycles. The predicted molar refractivity (Wildman–Crippen MR) is 218 cm³/mol. The SMILES string of the molecule is C[C@H]([C@@H](C)CCC[C@@H](C1OCC(N2C(=O)c3ccccc3C2=O)CO1)[C@@H]1CC[C@H]1CN1C[C@@]2(CCCc3cc(Cl)ccc32)COc2ccc(C(N)=O)cc21)S(=O)O. The minimum absolute atomic E-state index is 0.0140. The van der Waals surface area contributed by atoms with Crippen LogP contribution in [0.2, 0.25) is 5.02 Å². The molecule has 7 atom stereocenters. The van der Waals surface area contributed by atoms with Crippen molar-refractivity contribution in [2.24, 2.45) is 29.4 Å². The van der Waals surface area contributed by atoms with Gasteiger partial charge in [0.15, 0.2) is 17.4 Å². The number of rotatable bonds is 12. The zero-order chi connectivity index (χ0) is 40.0. The molecule has 57 heavy (non-hydrogen) atoms. The number of carbonyl (C=O) groups is 3. The fourth-order valence-electron chi connectivity index (χ4n) is 10.0. The van der Waals surface area contributed by atoms with E-state index in [1.54, 1.807) is 30.3 Å². The number of benzene rings is 3. The number of imide groups is 1. The van der Waals surface area contributed by atoms with Crippen molar-refractivity contribution in [2.45, 2.75) is 88.2 Å². The van der Waals surface area contributed by atoms with E-state index in [1.807, 2.05) is 32.0 Å². The number of halogens is 1. The first-order valence-corrected chi connectivity index (χ1v) is 21.9. The molecule has 1 unspecified atom stereocenters. The maximum atomic E-state index is 13.3. The zero-order valence-electron chi connectivity index (χ0n) is 32.6. The van der Waals surface area contributed by atoms with Gasteiger partial charge >= 0.3 is 0 Å². The molecule has 3 aromatic rings. The fourth-order valence-corrected chi connectivity index (χ4v) is 10.8. The molecule has 1 saturated carbocycles. The summed E-state index contributed by atoms with van der Waals surface area (Å²) in [4.78, 5) is 42.8. The standard InChI is InChI=1S/C44H52ClN3O8S/c1-26(27(2)57(52)53)7-5-11-36(43-54-22-32(23-55-43)48-41(50)34-9-3-4-10-35(34)42(48)51)33-15-12-30(33)21-47-24-44(18-6-8-28-19-31(45)14-16-37(28)44)25-56-39-17-13-29(40(46)49)20-38(39)47/h3-4,9-10,13-14,16-17,19-20,26-27,30,32-33,36,43H,5-8,11-12,15,18,21-25H2,1-2H3,(H2,46,49)(H,52,53)/t26-,27+,30-,32?,33+,36+,43?,44-/m0/s1. The summed E-state index contributed by atoms with van der Waals surface area (Å²) in [6.07, 6.45) is 6.79. The van der Waals surface area contributed by atoms with Crippen LogP contribution >= 0.6 is 11.6 Å². The van der Waals surface area contributed by atoms with Crippen LogP contribution in [0.1, 0.15) is 101 Å². The largest absolute Gasteiger partial charge is 0.490 e. The van der Waals surface area contributed by atoms with Crippen LogP contribution in [0.5, 0.6) is 5.75 Å². The van der Waals surface area contributed by atoms with Gasteiger partial charge in [0, 0.05) is 35.0 Å². The summed E-state index contributed by atoms with van der Waals surface area (Å²) in [6, 6.07) is 18.0. The third kappa shape index (κ3) is 7.76. The number of hydrogen-bond donors (Lipinski definition) is 2. The molecule has 13 heteroatoms. The Balaban J connectivity index is 1.04. The summed E-state index contributed by atoms with van der Waals surface area (Å²) in [5.74, 6) is 0.168. The lowest BCUT2D eigenvalue weighted by atomic mass is 9.64. The third-order valence-electron chi connectivity index (χ3n) is 13.6. The van der Waals surface area contributed by atoms with Gasteiger partial charge < -0.3 is 29.4 Å². The van der Waals surface area contributed by atoms with Crippen molar-refractivity contribution in [3.63, 3.8) is 0 Å². The maximum absolute atomic E-state index is 13.3. The Bertz CT molecular complexity index is 2020. The minimum Gasteiger partial charge on any atom is -0.490 e. The van der Waals surface area contributed by atoms with Crippen molar-refractivity contribution >= 4 is 46.1 Å². The van der Waals surface area contributed by atoms with Crippen LogP contribution in [0, 0.1) is 23.7 Å². The van der Waals surface area contributed by atoms with E-state index in [2.05, 4.69) is 17.0 Å². The van der Waals surface area contributed by atoms with E-state index in [0.29, 0.717) is 29.8 Å². The number of fused-ring (bicyclic) bond motifs is 4. The van der Waals surface area contributed by atoms with E-state index in [0.717, 1.165) is 74.4 Å². The van der Waals surface area contributed by atoms with Crippen molar-refractivity contribution < 1.29 is 37.4 Å². The summed E-state index contributed by atoms with van der Waals surface area (Å²) in [6.45, 7) is 6.13. The van der Waals surface area contributed by atoms with Gasteiger partial charge in [-0.25, -0.2) is 4.21 Å². The van der Waals surface area contributed by atoms with Crippen LogP contribution in [-0.4, -0.2) is 81.9 Å². The van der Waals surface area contributed by atoms with E-state index < -0.39 is 29.3 Å². The second-order valence-electron chi connectivity index (χ2n) is 16.9. The molecule has 2 aliphatic carbocycles. The number of ether oxygens (including phenoxy) is 3. The zero-order valence-corrected chi connectivity index (χ0v) is 34.1. The van der Waals surface area contributed by atoms with E-state index in [4.69, 9.17) is 31.5 Å². The molecule has 0 radical (unpaired) electrons. The summed E-state index contributed by atoms with van der Waals surface area (Å²) in [5.41, 5.74) is 10.1. The smallest absolute Gasteiger partial charge is 0.261 e. The second-order valence-corrected chi connectivity index (χ2v) is 18.7. The summed E-state index contributed by atoms with van der Waals surface area (Å²) in [7, 11) is 0. The first-order chi connectivity index (χ1) is 27.4. The number of anilines is 1. The molecule has 1 saturated heterocycles. The van der Waals surface area contributed by atoms with Crippen LogP contribution in [0.4, 0.5) is 5.69 Å². The highest BCUT2D eigenvalue weighted by Crippen LogP contribution is 2.49. The van der Waals surface area contributed by atoms with Crippen molar-refractivity contribution in [3.05, 3.63) is 93.5 Å². The highest BCUT2D eigenvalue weighted by Gasteiger charge is 2.48. The van der Waals surface area contributed by atoms with Gasteiger partial charge in [-0.05, 0) is 123 Å². The number of nitrogens with two attached hydrogens (primary N) is 1. The van der Waals surface area contributed by atoms with Gasteiger partial charge in [-0.3, -0.25) is 19.3 Å². The average Bonchev–Trinajstić information content (AvgIpc) is 3.35. The first kappa shape index (κ1) is 40.0. The van der Waals surface area contributed by atoms with Gasteiger partial charge in [-0.2, -0.15) is 0 Å². The Kier molecular flexibility index (Phi) is 11.5. The molecular weight excluding hydrogens is 766 g/mol. The molecule has 3 aliphatic heterocycles. The average molecular weight is 818 g/mol. The molecule has 1 spiro atoms. The molecule has 11 nitrogen and oxygen atoms in total. The van der Waals surface area contributed by atoms with Crippen molar-refractivity contribution in [1.82, 2.24) is 4.90 Å². The van der Waals surface area contributed by atoms with E-state index in [1.165, 1.54) is 16.0 Å². The molecular formula is C44H52ClN3O8S. The molecule has 304 valence electrons. The van der Waals surface area contributed by atoms with Crippen LogP contribution in [0.3, 0.4) is 0 Å². The van der Waals surface area contributed by atoms with Crippen LogP contribution in [-0.2, 0) is 32.4 Å². The van der Waals surface area contributed by atoms with Crippen molar-refractivity contribution in [2.75, 3.05) is 37.8 Å². The number of primary amides is 1. The molecule has 2 fully saturated rings. The fraction of sp³-hybridized carbons (Fsp3) is 0.523. The van der Waals surface area contributed by atoms with Crippen LogP contribution in [0.25, 0.3) is 0 Å². The van der Waals surface area contributed by atoms with Crippen LogP contribution in [0.15, 0.2) is 60.7 Å². The van der Waals surface area contributed by atoms with Gasteiger partial charge in [-0.15, -0.1) is 0 Å². The van der Waals surface area contributed by atoms with Crippen molar-refractivity contribution in [1.29, 1.82) is 0 Å². The van der Waals surface area contributed by atoms with Gasteiger partial charge in [0.05, 0.1) is 47.9 Å². The molecule has 5 aliphatic rings. The Morgan fingerprint density at radius 3 is 2.42 bits per heavy atom. The van der Waals surface area contributed by atoms with Crippen molar-refractivity contribution in [3.8, 4) is 5.75 Å². The predicted octanol–water partition coefficient (Wildman–Crippen LogP) is 7.01. The third-order valence-corrected chi connectivity index (χ3v) is 14.9. The topological polar surface area (TPSA) is 149 Å². The van der Waals surface area contributed by atoms with Gasteiger partial charge in [0.25, 0.3) is 11.8 Å². The van der Waals surface area contributed by atoms with E-state index in [-0.39, 0.29) is 59.4 Å². The lowest BCUT2D eigenvalue weighted by molar-refractivity contribution is -0.237. The lowest BCUT2D eigenvalue weighted by Crippen LogP contribution is -2.53. The Labute approximate surface area is 341 Å². The Morgan fingerprint density at radius 2 is 1.75 bits per heavy atom. The van der Waals surface area contributed by atoms with Crippen LogP contribution < -0.4 is 15.4 Å². The normalized spacial score (nSPS) is 27.6. The van der Waals surface area contributed by atoms with E-state index in [9.17, 15) is 23.1 Å². The maximum Gasteiger partial charge on any atom is 0.261 e. The Hall–Kier alpha value is -3.81. The molecule has 3 amide bonds. The number of nitrogens with zero attached hydrogens (tertiary/aromatic N) is 2. The first-order valence-electron chi connectivity index (χ1n) is 20.3. The minimum atomic E-state index is -1.90. The number of hydrogen-bond acceptors (Lipinski definition) is 8. The number of carbonyl (C=O) groups excluding carboxylic acids is 3. The van der Waals surface area contributed by atoms with Gasteiger partial charge in [0.1, 0.15) is 5.75 Å². The molecule has 8 rings (SSSR count). The molecule has 0 bridgehead atoms. The van der Waals surface area contributed by atoms with Gasteiger partial charge in [0.2, 0.25) is 5.91 Å². The van der Waals surface area contributed by atoms with Gasteiger partial charge in [-0.1, -0.05) is 43.1 Å². The molecule has 0 aromatic heterocycles. The van der Waals surface area contributed by atoms with E-state index >= 15 is 0 Å². The summed E-state index contributed by atoms with van der Waals surface area (Å²) < 4.78 is 41.3. The monoisotopic (exact) mass is 817 g/mol. The highest BCUT2D eigenvalue weighted by atomic mass is 35.5. The summed E-state index contributed by atoms with van der Waals surface area (Å²) in [5, 5.41) is 0.386. The highest BCUT2D eigenvalue weighted by molar-refractivity contribution is 7.79. The molecule has 3 N–H and O–H groups in total. The number of amides is 3. The second kappa shape index (κ2) is 16.4. The number of aryl methyl sites for hydroxylation is 1.